The Kier molecular flexibility index (Phi) is 4.39. The Morgan fingerprint density at radius 2 is 2.14 bits per heavy atom. The summed E-state index contributed by atoms with van der Waals surface area (Å²) in [6, 6.07) is 0. The van der Waals surface area contributed by atoms with Gasteiger partial charge in [0.1, 0.15) is 0 Å². The van der Waals surface area contributed by atoms with Gasteiger partial charge < -0.3 is 9.47 Å². The lowest BCUT2D eigenvalue weighted by molar-refractivity contribution is -0.143. The predicted molar refractivity (Wildman–Crippen MR) is 54.1 cm³/mol. The number of hydrogen-bond acceptors (Lipinski definition) is 3. The Morgan fingerprint density at radius 3 is 2.64 bits per heavy atom. The van der Waals surface area contributed by atoms with Crippen molar-refractivity contribution in [3.8, 4) is 0 Å². The van der Waals surface area contributed by atoms with Crippen LogP contribution < -0.4 is 0 Å². The van der Waals surface area contributed by atoms with Gasteiger partial charge in [0.15, 0.2) is 0 Å². The summed E-state index contributed by atoms with van der Waals surface area (Å²) in [6.45, 7) is 5.30. The molecule has 3 nitrogen and oxygen atoms in total. The van der Waals surface area contributed by atoms with Crippen molar-refractivity contribution >= 4 is 5.97 Å². The number of carbonyl (C=O) groups is 1. The van der Waals surface area contributed by atoms with Gasteiger partial charge in [-0.25, -0.2) is 0 Å². The zero-order valence-electron chi connectivity index (χ0n) is 9.17. The van der Waals surface area contributed by atoms with E-state index >= 15 is 0 Å². The minimum atomic E-state index is -0.0983. The van der Waals surface area contributed by atoms with Crippen LogP contribution in [0, 0.1) is 0 Å². The molecule has 1 aliphatic rings. The Morgan fingerprint density at radius 1 is 1.43 bits per heavy atom. The van der Waals surface area contributed by atoms with Gasteiger partial charge >= 0.3 is 5.97 Å². The molecule has 82 valence electrons. The third-order valence-electron chi connectivity index (χ3n) is 2.63. The monoisotopic (exact) mass is 200 g/mol. The minimum Gasteiger partial charge on any atom is -0.466 e. The highest BCUT2D eigenvalue weighted by atomic mass is 16.6. The van der Waals surface area contributed by atoms with Gasteiger partial charge in [0.05, 0.1) is 18.8 Å². The molecular formula is C11H20O3. The highest BCUT2D eigenvalue weighted by Crippen LogP contribution is 2.37. The normalized spacial score (nSPS) is 24.7. The molecule has 14 heavy (non-hydrogen) atoms. The maximum absolute atomic E-state index is 11.1. The standard InChI is InChI=1S/C11H20O3/c1-3-5-7-11(9-14-11)8-6-10(12)13-4-2/h3-9H2,1-2H3/t11-/m0/s1. The molecule has 1 rings (SSSR count). The number of unbranched alkanes of at least 4 members (excludes halogenated alkanes) is 1. The lowest BCUT2D eigenvalue weighted by atomic mass is 9.98. The second kappa shape index (κ2) is 5.35. The molecule has 0 unspecified atom stereocenters. The van der Waals surface area contributed by atoms with E-state index in [1.54, 1.807) is 0 Å². The van der Waals surface area contributed by atoms with E-state index in [1.165, 1.54) is 12.8 Å². The molecule has 0 amide bonds. The number of epoxide rings is 1. The van der Waals surface area contributed by atoms with Crippen LogP contribution in [0.2, 0.25) is 0 Å². The van der Waals surface area contributed by atoms with Gasteiger partial charge in [-0.3, -0.25) is 4.79 Å². The fourth-order valence-electron chi connectivity index (χ4n) is 1.58. The maximum Gasteiger partial charge on any atom is 0.305 e. The van der Waals surface area contributed by atoms with Crippen molar-refractivity contribution in [1.29, 1.82) is 0 Å². The molecule has 0 aromatic carbocycles. The van der Waals surface area contributed by atoms with E-state index < -0.39 is 0 Å². The Bertz CT molecular complexity index is 185. The third-order valence-corrected chi connectivity index (χ3v) is 2.63. The first-order valence-electron chi connectivity index (χ1n) is 5.52. The van der Waals surface area contributed by atoms with E-state index in [9.17, 15) is 4.79 Å². The molecular weight excluding hydrogens is 180 g/mol. The van der Waals surface area contributed by atoms with Crippen LogP contribution >= 0.6 is 0 Å². The molecule has 0 aromatic heterocycles. The largest absolute Gasteiger partial charge is 0.466 e. The summed E-state index contributed by atoms with van der Waals surface area (Å²) < 4.78 is 10.3. The van der Waals surface area contributed by atoms with E-state index in [2.05, 4.69) is 6.92 Å². The van der Waals surface area contributed by atoms with Gasteiger partial charge in [-0.2, -0.15) is 0 Å². The van der Waals surface area contributed by atoms with Gasteiger partial charge in [0, 0.05) is 6.42 Å². The lowest BCUT2D eigenvalue weighted by Crippen LogP contribution is -2.14. The fourth-order valence-corrected chi connectivity index (χ4v) is 1.58. The molecule has 0 aliphatic carbocycles. The SMILES string of the molecule is CCCC[C@]1(CCC(=O)OCC)CO1. The van der Waals surface area contributed by atoms with Crippen LogP contribution in [0.1, 0.15) is 46.0 Å². The number of ether oxygens (including phenoxy) is 2. The van der Waals surface area contributed by atoms with Crippen LogP contribution in [0.15, 0.2) is 0 Å². The van der Waals surface area contributed by atoms with Crippen LogP contribution in [-0.4, -0.2) is 24.8 Å². The number of hydrogen-bond donors (Lipinski definition) is 0. The predicted octanol–water partition coefficient (Wildman–Crippen LogP) is 2.29. The molecule has 1 aliphatic heterocycles. The van der Waals surface area contributed by atoms with Crippen LogP contribution in [0.3, 0.4) is 0 Å². The molecule has 1 atom stereocenters. The van der Waals surface area contributed by atoms with Crippen molar-refractivity contribution in [3.05, 3.63) is 0 Å². The molecule has 1 heterocycles. The highest BCUT2D eigenvalue weighted by molar-refractivity contribution is 5.69. The van der Waals surface area contributed by atoms with Crippen molar-refractivity contribution in [2.75, 3.05) is 13.2 Å². The third kappa shape index (κ3) is 3.66. The highest BCUT2D eigenvalue weighted by Gasteiger charge is 2.43. The van der Waals surface area contributed by atoms with Gasteiger partial charge in [0.2, 0.25) is 0 Å². The van der Waals surface area contributed by atoms with Crippen molar-refractivity contribution in [1.82, 2.24) is 0 Å². The summed E-state index contributed by atoms with van der Waals surface area (Å²) in [5, 5.41) is 0. The summed E-state index contributed by atoms with van der Waals surface area (Å²) in [5.74, 6) is -0.0983. The molecule has 1 saturated heterocycles. The summed E-state index contributed by atoms with van der Waals surface area (Å²) >= 11 is 0. The quantitative estimate of drug-likeness (QED) is 0.467. The van der Waals surface area contributed by atoms with E-state index in [-0.39, 0.29) is 11.6 Å². The first-order chi connectivity index (χ1) is 6.72. The summed E-state index contributed by atoms with van der Waals surface area (Å²) in [7, 11) is 0. The number of esters is 1. The summed E-state index contributed by atoms with van der Waals surface area (Å²) in [6.07, 6.45) is 4.78. The molecule has 0 radical (unpaired) electrons. The second-order valence-electron chi connectivity index (χ2n) is 3.88. The Labute approximate surface area is 85.8 Å². The average Bonchev–Trinajstić information content (AvgIpc) is 2.93. The van der Waals surface area contributed by atoms with Crippen LogP contribution in [0.25, 0.3) is 0 Å². The smallest absolute Gasteiger partial charge is 0.305 e. The van der Waals surface area contributed by atoms with Crippen molar-refractivity contribution < 1.29 is 14.3 Å². The molecule has 3 heteroatoms. The van der Waals surface area contributed by atoms with Gasteiger partial charge in [-0.1, -0.05) is 19.8 Å². The molecule has 0 N–H and O–H groups in total. The van der Waals surface area contributed by atoms with E-state index in [4.69, 9.17) is 9.47 Å². The summed E-state index contributed by atoms with van der Waals surface area (Å²) in [4.78, 5) is 11.1. The molecule has 1 fully saturated rings. The first kappa shape index (κ1) is 11.5. The van der Waals surface area contributed by atoms with Crippen molar-refractivity contribution in [2.24, 2.45) is 0 Å². The lowest BCUT2D eigenvalue weighted by Gasteiger charge is -2.10. The Balaban J connectivity index is 2.13. The number of carbonyl (C=O) groups excluding carboxylic acids is 1. The average molecular weight is 200 g/mol. The molecule has 0 spiro atoms. The zero-order valence-corrected chi connectivity index (χ0v) is 9.17. The van der Waals surface area contributed by atoms with E-state index in [1.807, 2.05) is 6.92 Å². The molecule has 0 aromatic rings. The van der Waals surface area contributed by atoms with E-state index in [0.717, 1.165) is 19.4 Å². The minimum absolute atomic E-state index is 0.0305. The van der Waals surface area contributed by atoms with Gasteiger partial charge in [-0.15, -0.1) is 0 Å². The first-order valence-corrected chi connectivity index (χ1v) is 5.52. The van der Waals surface area contributed by atoms with Crippen molar-refractivity contribution in [2.45, 2.75) is 51.6 Å². The maximum atomic E-state index is 11.1. The fraction of sp³-hybridized carbons (Fsp3) is 0.909. The topological polar surface area (TPSA) is 38.8 Å². The Hall–Kier alpha value is -0.570. The van der Waals surface area contributed by atoms with E-state index in [0.29, 0.717) is 13.0 Å². The van der Waals surface area contributed by atoms with Crippen molar-refractivity contribution in [3.63, 3.8) is 0 Å². The van der Waals surface area contributed by atoms with Crippen LogP contribution in [-0.2, 0) is 14.3 Å². The van der Waals surface area contributed by atoms with Crippen LogP contribution in [0.5, 0.6) is 0 Å². The van der Waals surface area contributed by atoms with Gasteiger partial charge in [0.25, 0.3) is 0 Å². The zero-order chi connectivity index (χ0) is 10.4. The van der Waals surface area contributed by atoms with Gasteiger partial charge in [-0.05, 0) is 19.8 Å². The summed E-state index contributed by atoms with van der Waals surface area (Å²) in [5.41, 5.74) is 0.0305. The molecule has 0 bridgehead atoms. The van der Waals surface area contributed by atoms with Crippen LogP contribution in [0.4, 0.5) is 0 Å². The number of rotatable bonds is 7. The molecule has 0 saturated carbocycles. The second-order valence-corrected chi connectivity index (χ2v) is 3.88.